The van der Waals surface area contributed by atoms with Crippen LogP contribution in [0.2, 0.25) is 0 Å². The highest BCUT2D eigenvalue weighted by Gasteiger charge is 2.14. The van der Waals surface area contributed by atoms with Crippen LogP contribution in [0.1, 0.15) is 37.8 Å². The summed E-state index contributed by atoms with van der Waals surface area (Å²) >= 11 is 1.80. The fourth-order valence-corrected chi connectivity index (χ4v) is 2.85. The summed E-state index contributed by atoms with van der Waals surface area (Å²) < 4.78 is 1.30. The molecule has 2 aromatic rings. The zero-order valence-corrected chi connectivity index (χ0v) is 11.6. The highest BCUT2D eigenvalue weighted by Crippen LogP contribution is 2.29. The van der Waals surface area contributed by atoms with Crippen LogP contribution in [-0.2, 0) is 11.8 Å². The lowest BCUT2D eigenvalue weighted by Gasteiger charge is -2.18. The second-order valence-corrected chi connectivity index (χ2v) is 6.55. The minimum Gasteiger partial charge on any atom is -0.330 e. The molecule has 3 heteroatoms. The predicted octanol–water partition coefficient (Wildman–Crippen LogP) is 3.49. The van der Waals surface area contributed by atoms with Gasteiger partial charge in [0.1, 0.15) is 0 Å². The molecule has 0 fully saturated rings. The summed E-state index contributed by atoms with van der Waals surface area (Å²) in [6.45, 7) is 7.46. The van der Waals surface area contributed by atoms with Crippen LogP contribution in [0.3, 0.4) is 0 Å². The summed E-state index contributed by atoms with van der Waals surface area (Å²) in [6.07, 6.45) is 2.02. The van der Waals surface area contributed by atoms with E-state index in [1.165, 1.54) is 15.3 Å². The highest BCUT2D eigenvalue weighted by molar-refractivity contribution is 7.18. The number of benzene rings is 1. The molecule has 0 saturated carbocycles. The van der Waals surface area contributed by atoms with Gasteiger partial charge in [-0.25, -0.2) is 4.98 Å². The molecule has 92 valence electrons. The quantitative estimate of drug-likeness (QED) is 0.903. The number of hydrogen-bond acceptors (Lipinski definition) is 3. The topological polar surface area (TPSA) is 38.9 Å². The average molecular weight is 248 g/mol. The van der Waals surface area contributed by atoms with Crippen molar-refractivity contribution in [3.8, 4) is 0 Å². The van der Waals surface area contributed by atoms with Gasteiger partial charge in [0, 0.05) is 6.42 Å². The van der Waals surface area contributed by atoms with Gasteiger partial charge in [0.15, 0.2) is 0 Å². The number of rotatable bonds is 3. The van der Waals surface area contributed by atoms with E-state index in [1.807, 2.05) is 0 Å². The third-order valence-electron chi connectivity index (χ3n) is 2.89. The van der Waals surface area contributed by atoms with Crippen LogP contribution in [0.5, 0.6) is 0 Å². The van der Waals surface area contributed by atoms with Crippen molar-refractivity contribution in [3.63, 3.8) is 0 Å². The molecule has 2 rings (SSSR count). The van der Waals surface area contributed by atoms with Crippen molar-refractivity contribution in [2.75, 3.05) is 6.54 Å². The van der Waals surface area contributed by atoms with E-state index < -0.39 is 0 Å². The molecule has 0 aliphatic carbocycles. The zero-order chi connectivity index (χ0) is 12.5. The van der Waals surface area contributed by atoms with Crippen molar-refractivity contribution in [2.24, 2.45) is 5.73 Å². The second-order valence-electron chi connectivity index (χ2n) is 5.43. The first-order chi connectivity index (χ1) is 8.00. The number of aryl methyl sites for hydroxylation is 1. The Hall–Kier alpha value is -0.930. The molecular formula is C14H20N2S. The Morgan fingerprint density at radius 1 is 1.29 bits per heavy atom. The van der Waals surface area contributed by atoms with E-state index in [9.17, 15) is 0 Å². The van der Waals surface area contributed by atoms with Crippen molar-refractivity contribution >= 4 is 21.6 Å². The molecule has 0 atom stereocenters. The number of nitrogens with zero attached hydrogens (tertiary/aromatic N) is 1. The first-order valence-electron chi connectivity index (χ1n) is 6.11. The van der Waals surface area contributed by atoms with Gasteiger partial charge in [-0.1, -0.05) is 26.8 Å². The summed E-state index contributed by atoms with van der Waals surface area (Å²) in [5.41, 5.74) is 8.23. The van der Waals surface area contributed by atoms with E-state index in [2.05, 4.69) is 44.0 Å². The van der Waals surface area contributed by atoms with Crippen LogP contribution >= 0.6 is 11.3 Å². The van der Waals surface area contributed by atoms with Crippen molar-refractivity contribution in [1.29, 1.82) is 0 Å². The maximum Gasteiger partial charge on any atom is 0.0939 e. The number of aromatic nitrogens is 1. The first kappa shape index (κ1) is 12.5. The molecule has 0 spiro atoms. The van der Waals surface area contributed by atoms with Crippen LogP contribution < -0.4 is 5.73 Å². The largest absolute Gasteiger partial charge is 0.330 e. The Bertz CT molecular complexity index is 508. The van der Waals surface area contributed by atoms with Crippen LogP contribution in [0.4, 0.5) is 0 Å². The summed E-state index contributed by atoms with van der Waals surface area (Å²) in [6, 6.07) is 6.60. The average Bonchev–Trinajstić information content (AvgIpc) is 2.66. The molecule has 0 saturated heterocycles. The van der Waals surface area contributed by atoms with Gasteiger partial charge in [-0.15, -0.1) is 11.3 Å². The fourth-order valence-electron chi connectivity index (χ4n) is 1.80. The van der Waals surface area contributed by atoms with E-state index in [-0.39, 0.29) is 5.41 Å². The Balaban J connectivity index is 2.34. The standard InChI is InChI=1S/C14H20N2S/c1-14(2,3)10-6-7-11-12(9-10)17-13(16-11)5-4-8-15/h6-7,9H,4-5,8,15H2,1-3H3. The molecule has 0 aliphatic rings. The van der Waals surface area contributed by atoms with Crippen molar-refractivity contribution < 1.29 is 0 Å². The molecule has 0 amide bonds. The molecule has 0 radical (unpaired) electrons. The zero-order valence-electron chi connectivity index (χ0n) is 10.8. The predicted molar refractivity (Wildman–Crippen MR) is 75.7 cm³/mol. The lowest BCUT2D eigenvalue weighted by atomic mass is 9.87. The van der Waals surface area contributed by atoms with Crippen LogP contribution in [0.25, 0.3) is 10.2 Å². The van der Waals surface area contributed by atoms with E-state index in [0.29, 0.717) is 0 Å². The van der Waals surface area contributed by atoms with Crippen LogP contribution in [0, 0.1) is 0 Å². The Morgan fingerprint density at radius 2 is 2.06 bits per heavy atom. The molecule has 2 N–H and O–H groups in total. The molecule has 1 aromatic heterocycles. The molecule has 1 heterocycles. The number of fused-ring (bicyclic) bond motifs is 1. The van der Waals surface area contributed by atoms with E-state index in [0.717, 1.165) is 24.9 Å². The van der Waals surface area contributed by atoms with Gasteiger partial charge >= 0.3 is 0 Å². The molecule has 1 aromatic carbocycles. The third kappa shape index (κ3) is 2.85. The summed E-state index contributed by atoms with van der Waals surface area (Å²) in [5, 5.41) is 1.21. The van der Waals surface area contributed by atoms with E-state index >= 15 is 0 Å². The van der Waals surface area contributed by atoms with Gasteiger partial charge in [-0.05, 0) is 36.1 Å². The van der Waals surface area contributed by atoms with Gasteiger partial charge in [0.25, 0.3) is 0 Å². The third-order valence-corrected chi connectivity index (χ3v) is 3.97. The van der Waals surface area contributed by atoms with Gasteiger partial charge in [-0.3, -0.25) is 0 Å². The van der Waals surface area contributed by atoms with Gasteiger partial charge in [-0.2, -0.15) is 0 Å². The van der Waals surface area contributed by atoms with E-state index in [4.69, 9.17) is 5.73 Å². The Labute approximate surface area is 107 Å². The molecule has 2 nitrogen and oxygen atoms in total. The normalized spacial score (nSPS) is 12.2. The number of hydrogen-bond donors (Lipinski definition) is 1. The highest BCUT2D eigenvalue weighted by atomic mass is 32.1. The van der Waals surface area contributed by atoms with Crippen LogP contribution in [0.15, 0.2) is 18.2 Å². The first-order valence-corrected chi connectivity index (χ1v) is 6.92. The lowest BCUT2D eigenvalue weighted by molar-refractivity contribution is 0.591. The molecule has 0 unspecified atom stereocenters. The fraction of sp³-hybridized carbons (Fsp3) is 0.500. The van der Waals surface area contributed by atoms with E-state index in [1.54, 1.807) is 11.3 Å². The van der Waals surface area contributed by atoms with Crippen molar-refractivity contribution in [3.05, 3.63) is 28.8 Å². The molecule has 0 bridgehead atoms. The van der Waals surface area contributed by atoms with Crippen molar-refractivity contribution in [2.45, 2.75) is 39.0 Å². The molecular weight excluding hydrogens is 228 g/mol. The van der Waals surface area contributed by atoms with Gasteiger partial charge in [0.05, 0.1) is 15.2 Å². The molecule has 0 aliphatic heterocycles. The minimum atomic E-state index is 0.204. The van der Waals surface area contributed by atoms with Gasteiger partial charge in [0.2, 0.25) is 0 Å². The number of nitrogens with two attached hydrogens (primary N) is 1. The maximum absolute atomic E-state index is 5.53. The summed E-state index contributed by atoms with van der Waals surface area (Å²) in [7, 11) is 0. The van der Waals surface area contributed by atoms with Gasteiger partial charge < -0.3 is 5.73 Å². The smallest absolute Gasteiger partial charge is 0.0939 e. The maximum atomic E-state index is 5.53. The summed E-state index contributed by atoms with van der Waals surface area (Å²) in [5.74, 6) is 0. The SMILES string of the molecule is CC(C)(C)c1ccc2nc(CCCN)sc2c1. The Morgan fingerprint density at radius 3 is 2.71 bits per heavy atom. The number of thiazole rings is 1. The molecule has 17 heavy (non-hydrogen) atoms. The lowest BCUT2D eigenvalue weighted by Crippen LogP contribution is -2.10. The minimum absolute atomic E-state index is 0.204. The second kappa shape index (κ2) is 4.75. The van der Waals surface area contributed by atoms with Crippen LogP contribution in [-0.4, -0.2) is 11.5 Å². The monoisotopic (exact) mass is 248 g/mol. The Kier molecular flexibility index (Phi) is 3.50. The summed E-state index contributed by atoms with van der Waals surface area (Å²) in [4.78, 5) is 4.64. The van der Waals surface area contributed by atoms with Crippen molar-refractivity contribution in [1.82, 2.24) is 4.98 Å².